The van der Waals surface area contributed by atoms with Crippen LogP contribution in [0.25, 0.3) is 11.5 Å². The first-order valence-electron chi connectivity index (χ1n) is 14.4. The van der Waals surface area contributed by atoms with E-state index in [4.69, 9.17) is 9.26 Å². The van der Waals surface area contributed by atoms with Gasteiger partial charge in [-0.25, -0.2) is 19.2 Å². The second-order valence-electron chi connectivity index (χ2n) is 11.9. The van der Waals surface area contributed by atoms with Gasteiger partial charge in [-0.3, -0.25) is 0 Å². The molecule has 4 aromatic rings. The van der Waals surface area contributed by atoms with E-state index in [-0.39, 0.29) is 12.5 Å². The molecule has 4 aliphatic rings. The number of piperidine rings is 3. The zero-order valence-electron chi connectivity index (χ0n) is 23.9. The predicted octanol–water partition coefficient (Wildman–Crippen LogP) is 4.72. The van der Waals surface area contributed by atoms with Gasteiger partial charge in [-0.05, 0) is 44.4 Å². The summed E-state index contributed by atoms with van der Waals surface area (Å²) < 4.78 is 26.9. The van der Waals surface area contributed by atoms with Gasteiger partial charge in [0.05, 0.1) is 35.4 Å². The van der Waals surface area contributed by atoms with Gasteiger partial charge in [0.1, 0.15) is 28.6 Å². The van der Waals surface area contributed by atoms with Gasteiger partial charge in [-0.1, -0.05) is 35.5 Å². The summed E-state index contributed by atoms with van der Waals surface area (Å²) in [5, 5.41) is 21.1. The van der Waals surface area contributed by atoms with E-state index >= 15 is 4.39 Å². The molecule has 222 valence electrons. The summed E-state index contributed by atoms with van der Waals surface area (Å²) >= 11 is 0. The number of benzene rings is 1. The molecule has 0 radical (unpaired) electrons. The van der Waals surface area contributed by atoms with Crippen molar-refractivity contribution in [1.29, 1.82) is 0 Å². The van der Waals surface area contributed by atoms with Gasteiger partial charge < -0.3 is 29.9 Å². The monoisotopic (exact) mass is 585 g/mol. The Morgan fingerprint density at radius 2 is 1.88 bits per heavy atom. The quantitative estimate of drug-likeness (QED) is 0.248. The van der Waals surface area contributed by atoms with Gasteiger partial charge in [-0.15, -0.1) is 0 Å². The first-order chi connectivity index (χ1) is 20.7. The highest BCUT2D eigenvalue weighted by Crippen LogP contribution is 2.45. The van der Waals surface area contributed by atoms with Gasteiger partial charge in [0.15, 0.2) is 5.82 Å². The van der Waals surface area contributed by atoms with Crippen molar-refractivity contribution in [2.75, 3.05) is 36.9 Å². The number of halogens is 1. The van der Waals surface area contributed by atoms with Crippen LogP contribution in [-0.2, 0) is 10.3 Å². The molecule has 0 saturated carbocycles. The molecule has 0 spiro atoms. The number of ether oxygens (including phenoxy) is 1. The van der Waals surface area contributed by atoms with Crippen molar-refractivity contribution in [2.24, 2.45) is 0 Å². The fourth-order valence-corrected chi connectivity index (χ4v) is 6.22. The second kappa shape index (κ2) is 10.4. The fourth-order valence-electron chi connectivity index (χ4n) is 6.22. The molecule has 1 aromatic carbocycles. The maximum Gasteiger partial charge on any atom is 0.341 e. The molecule has 7 heterocycles. The molecule has 3 aromatic heterocycles. The summed E-state index contributed by atoms with van der Waals surface area (Å²) in [7, 11) is 0. The van der Waals surface area contributed by atoms with Crippen molar-refractivity contribution in [3.05, 3.63) is 77.4 Å². The highest BCUT2D eigenvalue weighted by atomic mass is 19.1. The molecule has 0 amide bonds. The summed E-state index contributed by atoms with van der Waals surface area (Å²) in [6, 6.07) is 14.2. The van der Waals surface area contributed by atoms with Crippen molar-refractivity contribution >= 4 is 23.3 Å². The van der Waals surface area contributed by atoms with Crippen LogP contribution in [0.2, 0.25) is 0 Å². The molecular weight excluding hydrogens is 553 g/mol. The number of esters is 1. The summed E-state index contributed by atoms with van der Waals surface area (Å²) in [4.78, 5) is 28.3. The number of carbonyl (C=O) groups excluding carboxylic acids is 1. The Morgan fingerprint density at radius 3 is 2.63 bits per heavy atom. The van der Waals surface area contributed by atoms with E-state index in [1.54, 1.807) is 38.2 Å². The molecule has 8 rings (SSSR count). The van der Waals surface area contributed by atoms with Crippen molar-refractivity contribution in [3.8, 4) is 11.5 Å². The molecule has 0 aliphatic carbocycles. The topological polar surface area (TPSA) is 139 Å². The summed E-state index contributed by atoms with van der Waals surface area (Å²) in [6.45, 7) is 5.45. The Hall–Kier alpha value is -4.42. The van der Waals surface area contributed by atoms with E-state index in [0.29, 0.717) is 59.4 Å². The molecule has 3 fully saturated rings. The van der Waals surface area contributed by atoms with Crippen LogP contribution in [0.15, 0.2) is 59.3 Å². The smallest absolute Gasteiger partial charge is 0.341 e. The predicted molar refractivity (Wildman–Crippen MR) is 156 cm³/mol. The van der Waals surface area contributed by atoms with Crippen molar-refractivity contribution < 1.29 is 23.6 Å². The number of fused-ring (bicyclic) bond motifs is 4. The lowest BCUT2D eigenvalue weighted by atomic mass is 9.76. The van der Waals surface area contributed by atoms with Crippen LogP contribution in [0.1, 0.15) is 66.1 Å². The number of carbonyl (C=O) groups is 1. The number of cyclic esters (lactones) is 1. The Kier molecular flexibility index (Phi) is 6.62. The highest BCUT2D eigenvalue weighted by Gasteiger charge is 2.50. The lowest BCUT2D eigenvalue weighted by Crippen LogP contribution is -2.55. The van der Waals surface area contributed by atoms with E-state index < -0.39 is 29.2 Å². The minimum absolute atomic E-state index is 0.179. The van der Waals surface area contributed by atoms with Crippen LogP contribution in [0.3, 0.4) is 0 Å². The molecule has 4 aliphatic heterocycles. The van der Waals surface area contributed by atoms with Crippen molar-refractivity contribution in [3.63, 3.8) is 0 Å². The lowest BCUT2D eigenvalue weighted by Gasteiger charge is -2.47. The van der Waals surface area contributed by atoms with Crippen LogP contribution in [0.5, 0.6) is 0 Å². The van der Waals surface area contributed by atoms with Gasteiger partial charge in [0.25, 0.3) is 5.89 Å². The number of aromatic nitrogens is 4. The Labute approximate surface area is 247 Å². The molecule has 2 atom stereocenters. The minimum Gasteiger partial charge on any atom is -0.449 e. The van der Waals surface area contributed by atoms with E-state index in [2.05, 4.69) is 35.6 Å². The van der Waals surface area contributed by atoms with Gasteiger partial charge >= 0.3 is 5.97 Å². The number of nitrogens with zero attached hydrogens (tertiary/aromatic N) is 5. The lowest BCUT2D eigenvalue weighted by molar-refractivity contribution is -0.0310. The Bertz CT molecular complexity index is 1670. The number of nitrogens with one attached hydrogen (secondary N) is 2. The maximum atomic E-state index is 15.8. The third-order valence-corrected chi connectivity index (χ3v) is 8.64. The standard InChI is InChI=1S/C31H32FN7O4/c1-30(2)26-19(29(41)42-30)8-9-24(36-26)35-25-14-22(34-23(17-40)18-6-4-3-5-7-18)20(15-33-25)28-37-27(38-43-28)21-16-39-12-10-31(21,32)11-13-39/h3-9,14-15,21,23,40H,10-13,16-17H2,1-2H3,(H2,33,34,35,36)/t21?,23-/m1/s1. The number of anilines is 3. The highest BCUT2D eigenvalue weighted by molar-refractivity contribution is 5.94. The zero-order chi connectivity index (χ0) is 29.8. The number of alkyl halides is 1. The molecule has 1 unspecified atom stereocenters. The van der Waals surface area contributed by atoms with Crippen LogP contribution in [-0.4, -0.2) is 68.0 Å². The molecular formula is C31H32FN7O4. The summed E-state index contributed by atoms with van der Waals surface area (Å²) in [5.74, 6) is 0.617. The van der Waals surface area contributed by atoms with Gasteiger partial charge in [0, 0.05) is 31.9 Å². The average molecular weight is 586 g/mol. The minimum atomic E-state index is -1.34. The fraction of sp³-hybridized carbons (Fsp3) is 0.387. The van der Waals surface area contributed by atoms with E-state index in [1.807, 2.05) is 30.3 Å². The largest absolute Gasteiger partial charge is 0.449 e. The number of hydrogen-bond acceptors (Lipinski definition) is 11. The zero-order valence-corrected chi connectivity index (χ0v) is 23.9. The Balaban J connectivity index is 1.23. The molecule has 3 saturated heterocycles. The second-order valence-corrected chi connectivity index (χ2v) is 11.9. The SMILES string of the molecule is CC1(C)OC(=O)c2ccc(Nc3cc(N[C@H](CO)c4ccccc4)c(-c4nc(C5CN6CCC5(F)CC6)no4)cn3)nc21. The first kappa shape index (κ1) is 27.4. The molecule has 43 heavy (non-hydrogen) atoms. The molecule has 12 heteroatoms. The van der Waals surface area contributed by atoms with Crippen molar-refractivity contribution in [2.45, 2.75) is 49.9 Å². The van der Waals surface area contributed by atoms with E-state index in [9.17, 15) is 9.90 Å². The number of hydrogen-bond donors (Lipinski definition) is 3. The Morgan fingerprint density at radius 1 is 1.09 bits per heavy atom. The number of pyridine rings is 2. The van der Waals surface area contributed by atoms with Crippen LogP contribution in [0.4, 0.5) is 21.7 Å². The third kappa shape index (κ3) is 5.00. The maximum absolute atomic E-state index is 15.8. The number of aliphatic hydroxyl groups is 1. The van der Waals surface area contributed by atoms with Gasteiger partial charge in [-0.2, -0.15) is 4.98 Å². The first-order valence-corrected chi connectivity index (χ1v) is 14.4. The van der Waals surface area contributed by atoms with Crippen molar-refractivity contribution in [1.82, 2.24) is 25.0 Å². The third-order valence-electron chi connectivity index (χ3n) is 8.64. The molecule has 3 N–H and O–H groups in total. The summed E-state index contributed by atoms with van der Waals surface area (Å²) in [6.07, 6.45) is 2.51. The van der Waals surface area contributed by atoms with E-state index in [0.717, 1.165) is 18.7 Å². The van der Waals surface area contributed by atoms with Crippen LogP contribution >= 0.6 is 0 Å². The molecule has 2 bridgehead atoms. The normalized spacial score (nSPS) is 24.3. The molecule has 11 nitrogen and oxygen atoms in total. The summed E-state index contributed by atoms with van der Waals surface area (Å²) in [5.41, 5.74) is 0.743. The number of aliphatic hydroxyl groups excluding tert-OH is 1. The average Bonchev–Trinajstić information content (AvgIpc) is 3.58. The van der Waals surface area contributed by atoms with Gasteiger partial charge in [0.2, 0.25) is 0 Å². The van der Waals surface area contributed by atoms with Crippen LogP contribution in [0, 0.1) is 0 Å². The number of rotatable bonds is 8. The van der Waals surface area contributed by atoms with E-state index in [1.165, 1.54) is 0 Å². The van der Waals surface area contributed by atoms with Crippen LogP contribution < -0.4 is 10.6 Å².